The summed E-state index contributed by atoms with van der Waals surface area (Å²) in [6.07, 6.45) is 0. The lowest BCUT2D eigenvalue weighted by Crippen LogP contribution is -2.04. The van der Waals surface area contributed by atoms with Gasteiger partial charge in [0.1, 0.15) is 0 Å². The summed E-state index contributed by atoms with van der Waals surface area (Å²) in [7, 11) is 0. The average Bonchev–Trinajstić information content (AvgIpc) is 2.13. The highest BCUT2D eigenvalue weighted by Gasteiger charge is 2.03. The fourth-order valence-electron chi connectivity index (χ4n) is 0.780. The van der Waals surface area contributed by atoms with Crippen LogP contribution in [0.15, 0.2) is 12.1 Å². The number of aromatic nitrogens is 1. The van der Waals surface area contributed by atoms with Gasteiger partial charge in [-0.2, -0.15) is 4.39 Å². The summed E-state index contributed by atoms with van der Waals surface area (Å²) in [6.45, 7) is 6.85. The van der Waals surface area contributed by atoms with Gasteiger partial charge in [0.15, 0.2) is 5.75 Å². The molecule has 0 N–H and O–H groups in total. The zero-order valence-corrected chi connectivity index (χ0v) is 8.80. The molecule has 0 bridgehead atoms. The summed E-state index contributed by atoms with van der Waals surface area (Å²) in [5, 5.41) is 0. The minimum absolute atomic E-state index is 0.295. The Kier molecular flexibility index (Phi) is 5.44. The lowest BCUT2D eigenvalue weighted by Gasteiger charge is -2.02. The number of halogens is 1. The van der Waals surface area contributed by atoms with Crippen molar-refractivity contribution in [3.8, 4) is 5.75 Å². The van der Waals surface area contributed by atoms with Crippen LogP contribution in [0.1, 0.15) is 26.5 Å². The van der Waals surface area contributed by atoms with Crippen molar-refractivity contribution >= 4 is 5.97 Å². The molecule has 0 amide bonds. The van der Waals surface area contributed by atoms with Crippen LogP contribution in [0.5, 0.6) is 5.75 Å². The van der Waals surface area contributed by atoms with Gasteiger partial charge in [-0.1, -0.05) is 13.8 Å². The summed E-state index contributed by atoms with van der Waals surface area (Å²) in [4.78, 5) is 14.0. The van der Waals surface area contributed by atoms with E-state index in [0.717, 1.165) is 6.07 Å². The Hall–Kier alpha value is -1.45. The monoisotopic (exact) mass is 199 g/mol. The molecule has 1 aromatic rings. The molecule has 0 spiro atoms. The van der Waals surface area contributed by atoms with Crippen LogP contribution < -0.4 is 4.74 Å². The van der Waals surface area contributed by atoms with E-state index in [-0.39, 0.29) is 0 Å². The van der Waals surface area contributed by atoms with Crippen molar-refractivity contribution in [1.29, 1.82) is 0 Å². The van der Waals surface area contributed by atoms with Gasteiger partial charge < -0.3 is 4.74 Å². The minimum Gasteiger partial charge on any atom is -0.425 e. The molecule has 0 unspecified atom stereocenters. The van der Waals surface area contributed by atoms with Gasteiger partial charge in [-0.05, 0) is 19.1 Å². The highest BCUT2D eigenvalue weighted by molar-refractivity contribution is 5.69. The Morgan fingerprint density at radius 2 is 2.00 bits per heavy atom. The van der Waals surface area contributed by atoms with Gasteiger partial charge in [-0.15, -0.1) is 0 Å². The fraction of sp³-hybridized carbons (Fsp3) is 0.400. The maximum Gasteiger partial charge on any atom is 0.308 e. The largest absolute Gasteiger partial charge is 0.425 e. The van der Waals surface area contributed by atoms with E-state index in [4.69, 9.17) is 4.74 Å². The Balaban J connectivity index is 0.000000791. The van der Waals surface area contributed by atoms with E-state index >= 15 is 0 Å². The number of carbonyl (C=O) groups is 1. The second-order valence-electron chi connectivity index (χ2n) is 2.31. The van der Waals surface area contributed by atoms with Crippen LogP contribution in [0.4, 0.5) is 4.39 Å². The van der Waals surface area contributed by atoms with Crippen LogP contribution in [0.3, 0.4) is 0 Å². The molecule has 0 radical (unpaired) electrons. The summed E-state index contributed by atoms with van der Waals surface area (Å²) in [5.74, 6) is -0.723. The molecule has 1 aromatic heterocycles. The molecule has 78 valence electrons. The van der Waals surface area contributed by atoms with Gasteiger partial charge in [0.2, 0.25) is 5.95 Å². The van der Waals surface area contributed by atoms with Crippen molar-refractivity contribution in [2.24, 2.45) is 0 Å². The first-order valence-corrected chi connectivity index (χ1v) is 4.41. The molecule has 0 aromatic carbocycles. The molecule has 0 aliphatic rings. The molecule has 0 atom stereocenters. The predicted octanol–water partition coefficient (Wildman–Crippen LogP) is 2.48. The average molecular weight is 199 g/mol. The molecule has 0 aliphatic carbocycles. The Morgan fingerprint density at radius 3 is 2.43 bits per heavy atom. The number of aryl methyl sites for hydroxylation is 1. The first kappa shape index (κ1) is 12.6. The smallest absolute Gasteiger partial charge is 0.308 e. The zero-order valence-electron chi connectivity index (χ0n) is 8.80. The van der Waals surface area contributed by atoms with Gasteiger partial charge in [0, 0.05) is 6.92 Å². The van der Waals surface area contributed by atoms with E-state index in [2.05, 4.69) is 4.98 Å². The van der Waals surface area contributed by atoms with Gasteiger partial charge in [-0.3, -0.25) is 4.79 Å². The van der Waals surface area contributed by atoms with E-state index in [1.807, 2.05) is 13.8 Å². The third-order valence-electron chi connectivity index (χ3n) is 1.26. The minimum atomic E-state index is -0.580. The van der Waals surface area contributed by atoms with Crippen LogP contribution in [0.25, 0.3) is 0 Å². The van der Waals surface area contributed by atoms with Crippen LogP contribution in [0, 0.1) is 12.9 Å². The molecular formula is C10H14FNO2. The number of ether oxygens (including phenoxy) is 1. The first-order valence-electron chi connectivity index (χ1n) is 4.41. The SMILES string of the molecule is CC.CC(=O)Oc1ccc(F)nc1C. The topological polar surface area (TPSA) is 39.2 Å². The van der Waals surface area contributed by atoms with Crippen LogP contribution >= 0.6 is 0 Å². The van der Waals surface area contributed by atoms with Gasteiger partial charge in [0.25, 0.3) is 0 Å². The second-order valence-corrected chi connectivity index (χ2v) is 2.31. The molecule has 1 rings (SSSR count). The van der Waals surface area contributed by atoms with Crippen molar-refractivity contribution < 1.29 is 13.9 Å². The number of carbonyl (C=O) groups excluding carboxylic acids is 1. The summed E-state index contributed by atoms with van der Waals surface area (Å²) >= 11 is 0. The Labute approximate surface area is 82.9 Å². The molecule has 14 heavy (non-hydrogen) atoms. The number of nitrogens with zero attached hydrogens (tertiary/aromatic N) is 1. The quantitative estimate of drug-likeness (QED) is 0.515. The lowest BCUT2D eigenvalue weighted by molar-refractivity contribution is -0.131. The molecule has 1 heterocycles. The standard InChI is InChI=1S/C8H8FNO2.C2H6/c1-5-7(12-6(2)11)3-4-8(9)10-5;1-2/h3-4H,1-2H3;1-2H3. The maximum absolute atomic E-state index is 12.4. The Morgan fingerprint density at radius 1 is 1.43 bits per heavy atom. The second kappa shape index (κ2) is 6.07. The van der Waals surface area contributed by atoms with Gasteiger partial charge in [0.05, 0.1) is 5.69 Å². The summed E-state index contributed by atoms with van der Waals surface area (Å²) in [5.41, 5.74) is 0.366. The zero-order chi connectivity index (χ0) is 11.1. The number of rotatable bonds is 1. The molecule has 0 saturated heterocycles. The molecule has 0 aliphatic heterocycles. The molecule has 4 heteroatoms. The molecular weight excluding hydrogens is 185 g/mol. The highest BCUT2D eigenvalue weighted by Crippen LogP contribution is 2.14. The highest BCUT2D eigenvalue weighted by atomic mass is 19.1. The van der Waals surface area contributed by atoms with E-state index < -0.39 is 11.9 Å². The molecule has 3 nitrogen and oxygen atoms in total. The molecule has 0 saturated carbocycles. The van der Waals surface area contributed by atoms with Crippen LogP contribution in [-0.2, 0) is 4.79 Å². The van der Waals surface area contributed by atoms with E-state index in [9.17, 15) is 9.18 Å². The third kappa shape index (κ3) is 3.98. The van der Waals surface area contributed by atoms with E-state index in [0.29, 0.717) is 11.4 Å². The van der Waals surface area contributed by atoms with Gasteiger partial charge in [-0.25, -0.2) is 4.98 Å². The van der Waals surface area contributed by atoms with Crippen molar-refractivity contribution in [2.45, 2.75) is 27.7 Å². The number of esters is 1. The van der Waals surface area contributed by atoms with Crippen molar-refractivity contribution in [1.82, 2.24) is 4.98 Å². The third-order valence-corrected chi connectivity index (χ3v) is 1.26. The number of pyridine rings is 1. The van der Waals surface area contributed by atoms with Crippen molar-refractivity contribution in [3.63, 3.8) is 0 Å². The first-order chi connectivity index (χ1) is 6.59. The van der Waals surface area contributed by atoms with Crippen molar-refractivity contribution in [3.05, 3.63) is 23.8 Å². The van der Waals surface area contributed by atoms with E-state index in [1.54, 1.807) is 6.92 Å². The van der Waals surface area contributed by atoms with E-state index in [1.165, 1.54) is 13.0 Å². The lowest BCUT2D eigenvalue weighted by atomic mass is 10.3. The Bertz CT molecular complexity index is 313. The molecule has 0 fully saturated rings. The van der Waals surface area contributed by atoms with Crippen molar-refractivity contribution in [2.75, 3.05) is 0 Å². The normalized spacial score (nSPS) is 8.64. The predicted molar refractivity (Wildman–Crippen MR) is 51.6 cm³/mol. The summed E-state index contributed by atoms with van der Waals surface area (Å²) in [6, 6.07) is 2.52. The van der Waals surface area contributed by atoms with Gasteiger partial charge >= 0.3 is 5.97 Å². The van der Waals surface area contributed by atoms with Crippen LogP contribution in [0.2, 0.25) is 0 Å². The number of hydrogen-bond donors (Lipinski definition) is 0. The maximum atomic E-state index is 12.4. The van der Waals surface area contributed by atoms with Crippen LogP contribution in [-0.4, -0.2) is 11.0 Å². The fourth-order valence-corrected chi connectivity index (χ4v) is 0.780. The summed E-state index contributed by atoms with van der Waals surface area (Å²) < 4.78 is 17.2. The number of hydrogen-bond acceptors (Lipinski definition) is 3.